The van der Waals surface area contributed by atoms with Crippen molar-refractivity contribution >= 4 is 11.8 Å². The molecule has 5 nitrogen and oxygen atoms in total. The average molecular weight is 358 g/mol. The zero-order chi connectivity index (χ0) is 18.7. The lowest BCUT2D eigenvalue weighted by molar-refractivity contribution is -0.139. The summed E-state index contributed by atoms with van der Waals surface area (Å²) in [4.78, 5) is 29.2. The molecule has 2 aliphatic heterocycles. The predicted octanol–water partition coefficient (Wildman–Crippen LogP) is 3.35. The van der Waals surface area contributed by atoms with Crippen molar-refractivity contribution in [3.63, 3.8) is 0 Å². The molecule has 142 valence electrons. The molecule has 1 N–H and O–H groups in total. The van der Waals surface area contributed by atoms with Gasteiger partial charge in [0.15, 0.2) is 0 Å². The Kier molecular flexibility index (Phi) is 5.54. The maximum absolute atomic E-state index is 13.0. The molecule has 0 bridgehead atoms. The van der Waals surface area contributed by atoms with Crippen LogP contribution in [0.15, 0.2) is 18.2 Å². The number of amides is 2. The molecular formula is C21H30N2O3. The average Bonchev–Trinajstić information content (AvgIpc) is 2.64. The van der Waals surface area contributed by atoms with Crippen LogP contribution in [0.5, 0.6) is 5.75 Å². The molecule has 1 spiro atoms. The minimum absolute atomic E-state index is 0.0317. The first-order valence-corrected chi connectivity index (χ1v) is 9.81. The number of phenolic OH excluding ortho intramolecular Hbond substituents is 1. The number of nitrogens with zero attached hydrogens (tertiary/aromatic N) is 2. The minimum atomic E-state index is 0.0317. The number of hydrogen-bond acceptors (Lipinski definition) is 3. The van der Waals surface area contributed by atoms with Crippen LogP contribution in [-0.4, -0.2) is 52.9 Å². The van der Waals surface area contributed by atoms with E-state index in [0.717, 1.165) is 63.8 Å². The number of carbonyl (C=O) groups is 2. The second-order valence-electron chi connectivity index (χ2n) is 8.00. The molecule has 0 aromatic heterocycles. The Morgan fingerprint density at radius 2 is 2.08 bits per heavy atom. The number of piperidine rings is 2. The number of carbonyl (C=O) groups excluding carboxylic acids is 2. The lowest BCUT2D eigenvalue weighted by atomic mass is 9.73. The summed E-state index contributed by atoms with van der Waals surface area (Å²) in [6, 6.07) is 5.05. The monoisotopic (exact) mass is 358 g/mol. The zero-order valence-corrected chi connectivity index (χ0v) is 16.0. The second-order valence-corrected chi connectivity index (χ2v) is 8.00. The second kappa shape index (κ2) is 7.68. The molecule has 2 aliphatic rings. The van der Waals surface area contributed by atoms with Gasteiger partial charge in [0, 0.05) is 43.6 Å². The molecule has 2 fully saturated rings. The summed E-state index contributed by atoms with van der Waals surface area (Å²) >= 11 is 0. The third-order valence-corrected chi connectivity index (χ3v) is 5.92. The summed E-state index contributed by atoms with van der Waals surface area (Å²) in [5.41, 5.74) is 1.39. The van der Waals surface area contributed by atoms with E-state index in [-0.39, 0.29) is 23.0 Å². The van der Waals surface area contributed by atoms with Crippen molar-refractivity contribution in [3.05, 3.63) is 29.3 Å². The van der Waals surface area contributed by atoms with E-state index in [4.69, 9.17) is 0 Å². The van der Waals surface area contributed by atoms with Gasteiger partial charge in [-0.25, -0.2) is 0 Å². The molecule has 2 saturated heterocycles. The summed E-state index contributed by atoms with van der Waals surface area (Å²) in [5, 5.41) is 9.70. The Labute approximate surface area is 156 Å². The minimum Gasteiger partial charge on any atom is -0.508 e. The molecule has 2 amide bonds. The summed E-state index contributed by atoms with van der Waals surface area (Å²) in [5.74, 6) is 0.514. The van der Waals surface area contributed by atoms with Crippen LogP contribution < -0.4 is 0 Å². The highest BCUT2D eigenvalue weighted by molar-refractivity contribution is 5.94. The fourth-order valence-electron chi connectivity index (χ4n) is 4.34. The Morgan fingerprint density at radius 3 is 2.81 bits per heavy atom. The van der Waals surface area contributed by atoms with Crippen molar-refractivity contribution in [2.45, 2.75) is 52.4 Å². The number of phenols is 1. The van der Waals surface area contributed by atoms with Gasteiger partial charge in [-0.1, -0.05) is 13.3 Å². The first-order valence-electron chi connectivity index (χ1n) is 9.81. The van der Waals surface area contributed by atoms with E-state index in [2.05, 4.69) is 6.92 Å². The van der Waals surface area contributed by atoms with Gasteiger partial charge in [0.2, 0.25) is 5.91 Å². The van der Waals surface area contributed by atoms with E-state index in [1.165, 1.54) is 0 Å². The standard InChI is InChI=1S/C21H30N2O3/c1-3-4-11-22-14-21(10-8-19(22)25)9-5-12-23(15-21)20(26)17-6-7-18(24)16(2)13-17/h6-7,13,24H,3-5,8-12,14-15H2,1-2H3. The molecule has 1 unspecified atom stereocenters. The lowest BCUT2D eigenvalue weighted by Gasteiger charge is -2.48. The van der Waals surface area contributed by atoms with E-state index in [9.17, 15) is 14.7 Å². The molecule has 5 heteroatoms. The van der Waals surface area contributed by atoms with E-state index < -0.39 is 0 Å². The maximum atomic E-state index is 13.0. The third kappa shape index (κ3) is 3.87. The molecule has 26 heavy (non-hydrogen) atoms. The number of unbranched alkanes of at least 4 members (excludes halogenated alkanes) is 1. The number of aromatic hydroxyl groups is 1. The van der Waals surface area contributed by atoms with Crippen molar-refractivity contribution < 1.29 is 14.7 Å². The molecule has 0 saturated carbocycles. The predicted molar refractivity (Wildman–Crippen MR) is 101 cm³/mol. The number of benzene rings is 1. The molecule has 1 atom stereocenters. The molecule has 1 aromatic carbocycles. The van der Waals surface area contributed by atoms with Crippen molar-refractivity contribution in [2.24, 2.45) is 5.41 Å². The van der Waals surface area contributed by atoms with E-state index >= 15 is 0 Å². The van der Waals surface area contributed by atoms with Crippen molar-refractivity contribution in [3.8, 4) is 5.75 Å². The third-order valence-electron chi connectivity index (χ3n) is 5.92. The van der Waals surface area contributed by atoms with Gasteiger partial charge in [-0.2, -0.15) is 0 Å². The van der Waals surface area contributed by atoms with Crippen LogP contribution in [0, 0.1) is 12.3 Å². The normalized spacial score (nSPS) is 23.5. The molecule has 0 aliphatic carbocycles. The highest BCUT2D eigenvalue weighted by Crippen LogP contribution is 2.39. The molecule has 1 aromatic rings. The zero-order valence-electron chi connectivity index (χ0n) is 16.0. The molecular weight excluding hydrogens is 328 g/mol. The molecule has 2 heterocycles. The number of aryl methyl sites for hydroxylation is 1. The van der Waals surface area contributed by atoms with Gasteiger partial charge in [-0.15, -0.1) is 0 Å². The van der Waals surface area contributed by atoms with Crippen LogP contribution in [0.25, 0.3) is 0 Å². The largest absolute Gasteiger partial charge is 0.508 e. The number of likely N-dealkylation sites (tertiary alicyclic amines) is 2. The Bertz CT molecular complexity index is 688. The number of rotatable bonds is 4. The first kappa shape index (κ1) is 18.7. The van der Waals surface area contributed by atoms with Crippen LogP contribution >= 0.6 is 0 Å². The van der Waals surface area contributed by atoms with Crippen LogP contribution in [0.2, 0.25) is 0 Å². The quantitative estimate of drug-likeness (QED) is 0.898. The van der Waals surface area contributed by atoms with Crippen molar-refractivity contribution in [2.75, 3.05) is 26.2 Å². The van der Waals surface area contributed by atoms with E-state index in [1.54, 1.807) is 18.2 Å². The maximum Gasteiger partial charge on any atom is 0.253 e. The summed E-state index contributed by atoms with van der Waals surface area (Å²) < 4.78 is 0. The first-order chi connectivity index (χ1) is 12.4. The Hall–Kier alpha value is -2.04. The van der Waals surface area contributed by atoms with Crippen molar-refractivity contribution in [1.82, 2.24) is 9.80 Å². The molecule has 3 rings (SSSR count). The SMILES string of the molecule is CCCCN1CC2(CCCN(C(=O)c3ccc(O)c(C)c3)C2)CCC1=O. The fraction of sp³-hybridized carbons (Fsp3) is 0.619. The van der Waals surface area contributed by atoms with Gasteiger partial charge >= 0.3 is 0 Å². The summed E-state index contributed by atoms with van der Waals surface area (Å²) in [6.07, 6.45) is 5.68. The summed E-state index contributed by atoms with van der Waals surface area (Å²) in [6.45, 7) is 7.06. The molecule has 0 radical (unpaired) electrons. The topological polar surface area (TPSA) is 60.9 Å². The fourth-order valence-corrected chi connectivity index (χ4v) is 4.34. The summed E-state index contributed by atoms with van der Waals surface area (Å²) in [7, 11) is 0. The van der Waals surface area contributed by atoms with Gasteiger partial charge in [0.05, 0.1) is 0 Å². The lowest BCUT2D eigenvalue weighted by Crippen LogP contribution is -2.55. The van der Waals surface area contributed by atoms with Crippen LogP contribution in [0.3, 0.4) is 0 Å². The van der Waals surface area contributed by atoms with Crippen LogP contribution in [0.1, 0.15) is 61.4 Å². The van der Waals surface area contributed by atoms with Crippen LogP contribution in [0.4, 0.5) is 0 Å². The Balaban J connectivity index is 1.72. The Morgan fingerprint density at radius 1 is 1.27 bits per heavy atom. The van der Waals surface area contributed by atoms with E-state index in [0.29, 0.717) is 12.0 Å². The van der Waals surface area contributed by atoms with Gasteiger partial charge < -0.3 is 14.9 Å². The highest BCUT2D eigenvalue weighted by atomic mass is 16.3. The van der Waals surface area contributed by atoms with Crippen LogP contribution in [-0.2, 0) is 4.79 Å². The van der Waals surface area contributed by atoms with Gasteiger partial charge in [-0.3, -0.25) is 9.59 Å². The number of hydrogen-bond donors (Lipinski definition) is 1. The van der Waals surface area contributed by atoms with Gasteiger partial charge in [-0.05, 0) is 56.4 Å². The van der Waals surface area contributed by atoms with Gasteiger partial charge in [0.25, 0.3) is 5.91 Å². The smallest absolute Gasteiger partial charge is 0.253 e. The van der Waals surface area contributed by atoms with Gasteiger partial charge in [0.1, 0.15) is 5.75 Å². The van der Waals surface area contributed by atoms with E-state index in [1.807, 2.05) is 16.7 Å². The highest BCUT2D eigenvalue weighted by Gasteiger charge is 2.42. The van der Waals surface area contributed by atoms with Crippen molar-refractivity contribution in [1.29, 1.82) is 0 Å².